The molecule has 1 saturated heterocycles. The van der Waals surface area contributed by atoms with Crippen LogP contribution in [0.3, 0.4) is 0 Å². The van der Waals surface area contributed by atoms with E-state index in [0.29, 0.717) is 31.6 Å². The molecule has 1 aliphatic heterocycles. The number of aromatic nitrogens is 4. The quantitative estimate of drug-likeness (QED) is 0.600. The van der Waals surface area contributed by atoms with Crippen LogP contribution in [-0.4, -0.2) is 39.0 Å². The standard InChI is InChI=1S/C21H24FN5O2S/c1-15-3-10-20(11-4-15)30(28,29)27-19(13-14-26-24-16(2)23-25-26)9-12-21(27)17-5-7-18(22)8-6-17/h3-8,10-11,19,21H,9,12-14H2,1-2H3. The van der Waals surface area contributed by atoms with Gasteiger partial charge in [0.05, 0.1) is 17.5 Å². The predicted octanol–water partition coefficient (Wildman–Crippen LogP) is 3.41. The van der Waals surface area contributed by atoms with Crippen LogP contribution in [0.15, 0.2) is 53.4 Å². The summed E-state index contributed by atoms with van der Waals surface area (Å²) in [5, 5.41) is 12.1. The molecule has 2 unspecified atom stereocenters. The largest absolute Gasteiger partial charge is 0.243 e. The highest BCUT2D eigenvalue weighted by molar-refractivity contribution is 7.89. The van der Waals surface area contributed by atoms with Crippen molar-refractivity contribution in [1.29, 1.82) is 0 Å². The summed E-state index contributed by atoms with van der Waals surface area (Å²) in [5.74, 6) is 0.239. The molecule has 0 amide bonds. The van der Waals surface area contributed by atoms with Gasteiger partial charge in [-0.05, 0) is 68.2 Å². The Morgan fingerprint density at radius 2 is 1.73 bits per heavy atom. The van der Waals surface area contributed by atoms with E-state index in [2.05, 4.69) is 15.4 Å². The molecule has 2 heterocycles. The van der Waals surface area contributed by atoms with Gasteiger partial charge in [-0.15, -0.1) is 10.2 Å². The normalized spacial score (nSPS) is 20.0. The summed E-state index contributed by atoms with van der Waals surface area (Å²) >= 11 is 0. The van der Waals surface area contributed by atoms with Crippen molar-refractivity contribution >= 4 is 10.0 Å². The van der Waals surface area contributed by atoms with Crippen molar-refractivity contribution in [3.8, 4) is 0 Å². The summed E-state index contributed by atoms with van der Waals surface area (Å²) in [6.45, 7) is 4.16. The number of hydrogen-bond donors (Lipinski definition) is 0. The summed E-state index contributed by atoms with van der Waals surface area (Å²) < 4.78 is 42.3. The first-order valence-corrected chi connectivity index (χ1v) is 11.4. The third-order valence-corrected chi connectivity index (χ3v) is 7.48. The van der Waals surface area contributed by atoms with Crippen LogP contribution in [0.2, 0.25) is 0 Å². The Bertz CT molecular complexity index is 1110. The summed E-state index contributed by atoms with van der Waals surface area (Å²) in [7, 11) is -3.74. The van der Waals surface area contributed by atoms with Gasteiger partial charge in [0, 0.05) is 6.04 Å². The molecule has 9 heteroatoms. The lowest BCUT2D eigenvalue weighted by molar-refractivity contribution is 0.295. The highest BCUT2D eigenvalue weighted by atomic mass is 32.2. The van der Waals surface area contributed by atoms with Crippen LogP contribution < -0.4 is 0 Å². The van der Waals surface area contributed by atoms with Crippen molar-refractivity contribution < 1.29 is 12.8 Å². The van der Waals surface area contributed by atoms with Gasteiger partial charge in [-0.2, -0.15) is 9.10 Å². The topological polar surface area (TPSA) is 81.0 Å². The number of rotatable bonds is 6. The molecule has 1 aliphatic rings. The minimum atomic E-state index is -3.74. The summed E-state index contributed by atoms with van der Waals surface area (Å²) in [5.41, 5.74) is 1.79. The Kier molecular flexibility index (Phi) is 5.66. The molecule has 158 valence electrons. The fourth-order valence-electron chi connectivity index (χ4n) is 4.01. The molecule has 0 bridgehead atoms. The smallest absolute Gasteiger partial charge is 0.207 e. The number of aryl methyl sites for hydroxylation is 3. The fourth-order valence-corrected chi connectivity index (χ4v) is 5.90. The third kappa shape index (κ3) is 4.13. The highest BCUT2D eigenvalue weighted by Gasteiger charge is 2.42. The molecule has 0 radical (unpaired) electrons. The molecule has 2 atom stereocenters. The van der Waals surface area contributed by atoms with E-state index in [9.17, 15) is 12.8 Å². The number of halogens is 1. The van der Waals surface area contributed by atoms with Crippen LogP contribution in [0, 0.1) is 19.7 Å². The molecular formula is C21H24FN5O2S. The molecule has 1 fully saturated rings. The van der Waals surface area contributed by atoms with Crippen molar-refractivity contribution in [1.82, 2.24) is 24.5 Å². The Morgan fingerprint density at radius 3 is 2.37 bits per heavy atom. The van der Waals surface area contributed by atoms with Crippen LogP contribution in [0.1, 0.15) is 42.3 Å². The van der Waals surface area contributed by atoms with E-state index in [1.54, 1.807) is 47.6 Å². The SMILES string of the molecule is Cc1ccc(S(=O)(=O)N2C(CCn3nnc(C)n3)CCC2c2ccc(F)cc2)cc1. The maximum absolute atomic E-state index is 13.6. The molecule has 3 aromatic rings. The average molecular weight is 430 g/mol. The fraction of sp³-hybridized carbons (Fsp3) is 0.381. The summed E-state index contributed by atoms with van der Waals surface area (Å²) in [6.07, 6.45) is 1.95. The van der Waals surface area contributed by atoms with E-state index in [1.807, 2.05) is 6.92 Å². The number of sulfonamides is 1. The van der Waals surface area contributed by atoms with E-state index in [-0.39, 0.29) is 22.8 Å². The Hall–Kier alpha value is -2.65. The second kappa shape index (κ2) is 8.23. The van der Waals surface area contributed by atoms with Crippen molar-refractivity contribution in [2.45, 2.75) is 56.6 Å². The summed E-state index contributed by atoms with van der Waals surface area (Å²) in [4.78, 5) is 1.76. The monoisotopic (exact) mass is 429 g/mol. The molecule has 0 saturated carbocycles. The molecule has 7 nitrogen and oxygen atoms in total. The first-order valence-electron chi connectivity index (χ1n) is 9.95. The van der Waals surface area contributed by atoms with E-state index >= 15 is 0 Å². The summed E-state index contributed by atoms with van der Waals surface area (Å²) in [6, 6.07) is 12.4. The first kappa shape index (κ1) is 20.6. The van der Waals surface area contributed by atoms with Crippen molar-refractivity contribution in [3.05, 3.63) is 71.3 Å². The zero-order valence-electron chi connectivity index (χ0n) is 16.9. The molecule has 30 heavy (non-hydrogen) atoms. The molecule has 0 aliphatic carbocycles. The van der Waals surface area contributed by atoms with Crippen LogP contribution in [-0.2, 0) is 16.6 Å². The Labute approximate surface area is 175 Å². The maximum atomic E-state index is 13.6. The minimum Gasteiger partial charge on any atom is -0.207 e. The Balaban J connectivity index is 1.67. The second-order valence-electron chi connectivity index (χ2n) is 7.67. The lowest BCUT2D eigenvalue weighted by atomic mass is 10.1. The van der Waals surface area contributed by atoms with Gasteiger partial charge < -0.3 is 0 Å². The van der Waals surface area contributed by atoms with Gasteiger partial charge in [0.1, 0.15) is 5.82 Å². The van der Waals surface area contributed by atoms with E-state index in [4.69, 9.17) is 0 Å². The van der Waals surface area contributed by atoms with Crippen LogP contribution in [0.4, 0.5) is 4.39 Å². The van der Waals surface area contributed by atoms with Crippen LogP contribution in [0.25, 0.3) is 0 Å². The van der Waals surface area contributed by atoms with Crippen molar-refractivity contribution in [2.75, 3.05) is 0 Å². The van der Waals surface area contributed by atoms with Gasteiger partial charge in [-0.1, -0.05) is 29.8 Å². The highest BCUT2D eigenvalue weighted by Crippen LogP contribution is 2.41. The van der Waals surface area contributed by atoms with Gasteiger partial charge in [0.25, 0.3) is 0 Å². The third-order valence-electron chi connectivity index (χ3n) is 5.51. The predicted molar refractivity (Wildman–Crippen MR) is 110 cm³/mol. The van der Waals surface area contributed by atoms with Crippen molar-refractivity contribution in [3.63, 3.8) is 0 Å². The molecule has 2 aromatic carbocycles. The zero-order valence-corrected chi connectivity index (χ0v) is 17.8. The molecular weight excluding hydrogens is 405 g/mol. The first-order chi connectivity index (χ1) is 14.3. The molecule has 0 spiro atoms. The van der Waals surface area contributed by atoms with E-state index < -0.39 is 10.0 Å². The molecule has 0 N–H and O–H groups in total. The van der Waals surface area contributed by atoms with E-state index in [1.165, 1.54) is 16.9 Å². The van der Waals surface area contributed by atoms with Crippen LogP contribution >= 0.6 is 0 Å². The van der Waals surface area contributed by atoms with Gasteiger partial charge in [-0.25, -0.2) is 12.8 Å². The molecule has 4 rings (SSSR count). The maximum Gasteiger partial charge on any atom is 0.243 e. The van der Waals surface area contributed by atoms with Gasteiger partial charge in [-0.3, -0.25) is 0 Å². The number of nitrogens with zero attached hydrogens (tertiary/aromatic N) is 5. The minimum absolute atomic E-state index is 0.210. The lowest BCUT2D eigenvalue weighted by Crippen LogP contribution is -2.38. The van der Waals surface area contributed by atoms with Gasteiger partial charge in [0.2, 0.25) is 10.0 Å². The number of benzene rings is 2. The second-order valence-corrected chi connectivity index (χ2v) is 9.51. The zero-order chi connectivity index (χ0) is 21.3. The van der Waals surface area contributed by atoms with E-state index in [0.717, 1.165) is 11.1 Å². The van der Waals surface area contributed by atoms with Gasteiger partial charge >= 0.3 is 0 Å². The van der Waals surface area contributed by atoms with Crippen molar-refractivity contribution in [2.24, 2.45) is 0 Å². The number of hydrogen-bond acceptors (Lipinski definition) is 5. The van der Waals surface area contributed by atoms with Crippen LogP contribution in [0.5, 0.6) is 0 Å². The van der Waals surface area contributed by atoms with Gasteiger partial charge in [0.15, 0.2) is 5.82 Å². The average Bonchev–Trinajstić information content (AvgIpc) is 3.34. The number of tetrazole rings is 1. The Morgan fingerprint density at radius 1 is 1.03 bits per heavy atom. The lowest BCUT2D eigenvalue weighted by Gasteiger charge is -2.30. The molecule has 1 aromatic heterocycles.